The highest BCUT2D eigenvalue weighted by Crippen LogP contribution is 2.08. The Morgan fingerprint density at radius 3 is 2.67 bits per heavy atom. The van der Waals surface area contributed by atoms with Gasteiger partial charge in [0.05, 0.1) is 6.07 Å². The topological polar surface area (TPSA) is 44.0 Å². The molecule has 0 heterocycles. The van der Waals surface area contributed by atoms with Crippen molar-refractivity contribution in [3.05, 3.63) is 0 Å². The lowest BCUT2D eigenvalue weighted by Gasteiger charge is -2.06. The van der Waals surface area contributed by atoms with Crippen LogP contribution in [0.5, 0.6) is 0 Å². The molecule has 0 aromatic rings. The van der Waals surface area contributed by atoms with E-state index in [1.54, 1.807) is 0 Å². The summed E-state index contributed by atoms with van der Waals surface area (Å²) in [6, 6.07) is 2.06. The van der Waals surface area contributed by atoms with Crippen LogP contribution in [0.25, 0.3) is 0 Å². The molecule has 0 aromatic carbocycles. The van der Waals surface area contributed by atoms with E-state index in [1.165, 1.54) is 0 Å². The highest BCUT2D eigenvalue weighted by Gasteiger charge is 2.01. The molecular weight excluding hydrogens is 114 g/mol. The molecule has 1 N–H and O–H groups in total. The van der Waals surface area contributed by atoms with Gasteiger partial charge in [-0.25, -0.2) is 0 Å². The van der Waals surface area contributed by atoms with Gasteiger partial charge in [0.2, 0.25) is 0 Å². The molecule has 9 heavy (non-hydrogen) atoms. The average Bonchev–Trinajstić information content (AvgIpc) is 1.91. The minimum absolute atomic E-state index is 0.220. The minimum atomic E-state index is 0.220. The predicted octanol–water partition coefficient (Wildman–Crippen LogP) is 1.31. The van der Waals surface area contributed by atoms with Crippen LogP contribution in [0.1, 0.15) is 26.2 Å². The van der Waals surface area contributed by atoms with Crippen molar-refractivity contribution >= 4 is 0 Å². The zero-order chi connectivity index (χ0) is 7.11. The first-order valence-corrected chi connectivity index (χ1v) is 3.33. The van der Waals surface area contributed by atoms with E-state index in [-0.39, 0.29) is 6.61 Å². The van der Waals surface area contributed by atoms with E-state index in [1.807, 2.05) is 6.92 Å². The summed E-state index contributed by atoms with van der Waals surface area (Å²) in [6.07, 6.45) is 2.38. The van der Waals surface area contributed by atoms with E-state index in [0.29, 0.717) is 12.3 Å². The Labute approximate surface area is 56.1 Å². The second-order valence-electron chi connectivity index (χ2n) is 2.15. The van der Waals surface area contributed by atoms with Crippen molar-refractivity contribution in [2.75, 3.05) is 6.61 Å². The fourth-order valence-corrected chi connectivity index (χ4v) is 0.693. The van der Waals surface area contributed by atoms with Gasteiger partial charge in [0.25, 0.3) is 0 Å². The van der Waals surface area contributed by atoms with Gasteiger partial charge in [0.15, 0.2) is 0 Å². The van der Waals surface area contributed by atoms with Crippen LogP contribution in [0.15, 0.2) is 0 Å². The molecule has 0 bridgehead atoms. The number of hydrogen-bond donors (Lipinski definition) is 1. The summed E-state index contributed by atoms with van der Waals surface area (Å²) in [5, 5.41) is 16.8. The van der Waals surface area contributed by atoms with Crippen LogP contribution >= 0.6 is 0 Å². The van der Waals surface area contributed by atoms with E-state index in [4.69, 9.17) is 10.4 Å². The molecule has 2 nitrogen and oxygen atoms in total. The quantitative estimate of drug-likeness (QED) is 0.618. The molecule has 2 heteroatoms. The van der Waals surface area contributed by atoms with Crippen molar-refractivity contribution in [3.63, 3.8) is 0 Å². The summed E-state index contributed by atoms with van der Waals surface area (Å²) in [5.41, 5.74) is 0. The zero-order valence-electron chi connectivity index (χ0n) is 5.80. The summed E-state index contributed by atoms with van der Waals surface area (Å²) in [7, 11) is 0. The first-order valence-electron chi connectivity index (χ1n) is 3.33. The first-order chi connectivity index (χ1) is 4.35. The summed E-state index contributed by atoms with van der Waals surface area (Å²) in [5.74, 6) is 0.338. The molecule has 0 spiro atoms. The van der Waals surface area contributed by atoms with Gasteiger partial charge in [-0.05, 0) is 12.3 Å². The maximum Gasteiger partial charge on any atom is 0.0621 e. The van der Waals surface area contributed by atoms with Crippen molar-refractivity contribution in [2.24, 2.45) is 5.92 Å². The lowest BCUT2D eigenvalue weighted by molar-refractivity contribution is 0.216. The Kier molecular flexibility index (Phi) is 5.24. The van der Waals surface area contributed by atoms with E-state index < -0.39 is 0 Å². The molecule has 0 aliphatic carbocycles. The third kappa shape index (κ3) is 3.99. The second kappa shape index (κ2) is 5.58. The third-order valence-electron chi connectivity index (χ3n) is 1.50. The third-order valence-corrected chi connectivity index (χ3v) is 1.50. The van der Waals surface area contributed by atoms with E-state index in [9.17, 15) is 0 Å². The minimum Gasteiger partial charge on any atom is -0.396 e. The molecule has 0 aliphatic rings. The van der Waals surface area contributed by atoms with Crippen LogP contribution in [0.3, 0.4) is 0 Å². The van der Waals surface area contributed by atoms with Gasteiger partial charge in [-0.3, -0.25) is 0 Å². The Bertz CT molecular complexity index is 91.6. The van der Waals surface area contributed by atoms with Crippen LogP contribution < -0.4 is 0 Å². The van der Waals surface area contributed by atoms with Crippen LogP contribution in [-0.4, -0.2) is 11.7 Å². The predicted molar refractivity (Wildman–Crippen MR) is 35.7 cm³/mol. The van der Waals surface area contributed by atoms with Gasteiger partial charge in [0, 0.05) is 13.0 Å². The molecule has 52 valence electrons. The highest BCUT2D eigenvalue weighted by atomic mass is 16.3. The molecule has 0 aromatic heterocycles. The van der Waals surface area contributed by atoms with Gasteiger partial charge in [-0.2, -0.15) is 5.26 Å². The van der Waals surface area contributed by atoms with Crippen molar-refractivity contribution in [3.8, 4) is 6.07 Å². The first kappa shape index (κ1) is 8.45. The summed E-state index contributed by atoms with van der Waals surface area (Å²) in [6.45, 7) is 2.25. The average molecular weight is 127 g/mol. The van der Waals surface area contributed by atoms with Crippen LogP contribution in [0, 0.1) is 17.2 Å². The number of nitrogens with zero attached hydrogens (tertiary/aromatic N) is 1. The van der Waals surface area contributed by atoms with Gasteiger partial charge in [-0.15, -0.1) is 0 Å². The number of hydrogen-bond acceptors (Lipinski definition) is 2. The molecule has 0 aliphatic heterocycles. The van der Waals surface area contributed by atoms with Crippen molar-refractivity contribution in [2.45, 2.75) is 26.2 Å². The summed E-state index contributed by atoms with van der Waals surface area (Å²) < 4.78 is 0. The Hall–Kier alpha value is -0.550. The summed E-state index contributed by atoms with van der Waals surface area (Å²) in [4.78, 5) is 0. The molecule has 0 rings (SSSR count). The van der Waals surface area contributed by atoms with Crippen molar-refractivity contribution in [1.29, 1.82) is 5.26 Å². The lowest BCUT2D eigenvalue weighted by atomic mass is 10.0. The van der Waals surface area contributed by atoms with E-state index in [0.717, 1.165) is 12.8 Å². The Balaban J connectivity index is 3.22. The maximum atomic E-state index is 8.64. The normalized spacial score (nSPS) is 12.6. The number of aliphatic hydroxyl groups excluding tert-OH is 1. The summed E-state index contributed by atoms with van der Waals surface area (Å²) >= 11 is 0. The highest BCUT2D eigenvalue weighted by molar-refractivity contribution is 4.71. The van der Waals surface area contributed by atoms with Gasteiger partial charge < -0.3 is 5.11 Å². The second-order valence-corrected chi connectivity index (χ2v) is 2.15. The van der Waals surface area contributed by atoms with E-state index >= 15 is 0 Å². The molecule has 0 saturated heterocycles. The molecule has 1 atom stereocenters. The molecular formula is C7H13NO. The fraction of sp³-hybridized carbons (Fsp3) is 0.857. The Morgan fingerprint density at radius 1 is 1.67 bits per heavy atom. The Morgan fingerprint density at radius 2 is 2.33 bits per heavy atom. The van der Waals surface area contributed by atoms with Crippen molar-refractivity contribution in [1.82, 2.24) is 0 Å². The smallest absolute Gasteiger partial charge is 0.0621 e. The van der Waals surface area contributed by atoms with E-state index in [2.05, 4.69) is 6.07 Å². The molecule has 0 saturated carbocycles. The number of nitriles is 1. The lowest BCUT2D eigenvalue weighted by Crippen LogP contribution is -2.03. The zero-order valence-corrected chi connectivity index (χ0v) is 5.80. The molecule has 0 fully saturated rings. The maximum absolute atomic E-state index is 8.64. The molecule has 0 amide bonds. The molecule has 0 radical (unpaired) electrons. The van der Waals surface area contributed by atoms with Crippen LogP contribution in [0.2, 0.25) is 0 Å². The fourth-order valence-electron chi connectivity index (χ4n) is 0.693. The largest absolute Gasteiger partial charge is 0.396 e. The standard InChI is InChI=1S/C7H13NO/c1-2-7(6-9)4-3-5-8/h7,9H,2-4,6H2,1H3. The van der Waals surface area contributed by atoms with Gasteiger partial charge in [0.1, 0.15) is 0 Å². The number of rotatable bonds is 4. The molecule has 1 unspecified atom stereocenters. The van der Waals surface area contributed by atoms with Gasteiger partial charge >= 0.3 is 0 Å². The monoisotopic (exact) mass is 127 g/mol. The van der Waals surface area contributed by atoms with Crippen molar-refractivity contribution < 1.29 is 5.11 Å². The SMILES string of the molecule is CCC(CO)CCC#N. The number of aliphatic hydroxyl groups is 1. The van der Waals surface area contributed by atoms with Crippen LogP contribution in [0.4, 0.5) is 0 Å². The van der Waals surface area contributed by atoms with Gasteiger partial charge in [-0.1, -0.05) is 13.3 Å². The van der Waals surface area contributed by atoms with Crippen LogP contribution in [-0.2, 0) is 0 Å².